The lowest BCUT2D eigenvalue weighted by molar-refractivity contribution is -0.144. The van der Waals surface area contributed by atoms with Crippen LogP contribution < -0.4 is 11.1 Å². The Bertz CT molecular complexity index is 1460. The van der Waals surface area contributed by atoms with E-state index in [0.29, 0.717) is 23.4 Å². The van der Waals surface area contributed by atoms with Crippen LogP contribution in [0.25, 0.3) is 11.3 Å². The molecule has 0 saturated carbocycles. The SMILES string of the molecule is CC(C)(C)NCc1ccoc1-c1ccc(O)c2c1C[C@H]1C[C@H]3CC(O)=C(C(N)=O)C(=O)[C@@]3(O)C(O)=C1C2=O. The quantitative estimate of drug-likeness (QED) is 0.329. The fraction of sp³-hybridized carbons (Fsp3) is 0.393. The smallest absolute Gasteiger partial charge is 0.255 e. The fourth-order valence-corrected chi connectivity index (χ4v) is 5.90. The molecule has 3 aliphatic rings. The summed E-state index contributed by atoms with van der Waals surface area (Å²) in [5.74, 6) is -6.03. The molecule has 2 aromatic rings. The number of hydrogen-bond donors (Lipinski definition) is 6. The second kappa shape index (κ2) is 8.57. The summed E-state index contributed by atoms with van der Waals surface area (Å²) in [5, 5.41) is 47.0. The van der Waals surface area contributed by atoms with E-state index in [9.17, 15) is 34.8 Å². The number of Topliss-reactive ketones (excluding diaryl/α,β-unsaturated/α-hetero) is 2. The molecule has 0 unspecified atom stereocenters. The minimum absolute atomic E-state index is 0.0507. The molecule has 0 spiro atoms. The molecule has 7 N–H and O–H groups in total. The topological polar surface area (TPSA) is 183 Å². The Morgan fingerprint density at radius 1 is 1.16 bits per heavy atom. The van der Waals surface area contributed by atoms with Gasteiger partial charge in [0.05, 0.1) is 11.8 Å². The van der Waals surface area contributed by atoms with E-state index in [1.165, 1.54) is 6.07 Å². The molecule has 5 rings (SSSR count). The van der Waals surface area contributed by atoms with E-state index >= 15 is 0 Å². The van der Waals surface area contributed by atoms with Gasteiger partial charge in [-0.3, -0.25) is 14.4 Å². The standard InChI is InChI=1S/C28H30N2O8/c1-27(2,3)30-11-12-6-7-38-23(12)15-4-5-17(31)20-16(15)9-13-8-14-10-18(32)21(26(29)36)25(35)28(14,37)24(34)19(13)22(20)33/h4-7,13-14,30-32,34,37H,8-11H2,1-3H3,(H2,29,36)/t13-,14+,28+/m1/s1. The van der Waals surface area contributed by atoms with Gasteiger partial charge >= 0.3 is 0 Å². The lowest BCUT2D eigenvalue weighted by atomic mass is 9.60. The Morgan fingerprint density at radius 3 is 2.53 bits per heavy atom. The monoisotopic (exact) mass is 522 g/mol. The van der Waals surface area contributed by atoms with Crippen LogP contribution in [0, 0.1) is 11.8 Å². The maximum Gasteiger partial charge on any atom is 0.255 e. The highest BCUT2D eigenvalue weighted by Gasteiger charge is 2.59. The highest BCUT2D eigenvalue weighted by atomic mass is 16.3. The number of fused-ring (bicyclic) bond motifs is 3. The summed E-state index contributed by atoms with van der Waals surface area (Å²) in [5.41, 5.74) is 3.44. The van der Waals surface area contributed by atoms with E-state index < -0.39 is 52.0 Å². The van der Waals surface area contributed by atoms with E-state index in [4.69, 9.17) is 10.2 Å². The van der Waals surface area contributed by atoms with Crippen LogP contribution in [0.5, 0.6) is 5.75 Å². The van der Waals surface area contributed by atoms with Crippen LogP contribution in [0.15, 0.2) is 51.5 Å². The van der Waals surface area contributed by atoms with Crippen molar-refractivity contribution in [3.8, 4) is 17.1 Å². The number of nitrogens with two attached hydrogens (primary N) is 1. The van der Waals surface area contributed by atoms with Gasteiger partial charge < -0.3 is 35.9 Å². The summed E-state index contributed by atoms with van der Waals surface area (Å²) >= 11 is 0. The Morgan fingerprint density at radius 2 is 1.87 bits per heavy atom. The van der Waals surface area contributed by atoms with Crippen molar-refractivity contribution in [2.75, 3.05) is 0 Å². The maximum atomic E-state index is 13.8. The van der Waals surface area contributed by atoms with Crippen molar-refractivity contribution >= 4 is 17.5 Å². The highest BCUT2D eigenvalue weighted by molar-refractivity contribution is 6.24. The fourth-order valence-electron chi connectivity index (χ4n) is 5.90. The Kier molecular flexibility index (Phi) is 5.81. The second-order valence-corrected chi connectivity index (χ2v) is 11.3. The predicted octanol–water partition coefficient (Wildman–Crippen LogP) is 2.73. The van der Waals surface area contributed by atoms with Gasteiger partial charge in [-0.25, -0.2) is 0 Å². The average molecular weight is 523 g/mol. The Balaban J connectivity index is 1.62. The molecule has 3 aliphatic carbocycles. The third-order valence-electron chi connectivity index (χ3n) is 7.75. The van der Waals surface area contributed by atoms with Crippen LogP contribution in [0.2, 0.25) is 0 Å². The summed E-state index contributed by atoms with van der Waals surface area (Å²) < 4.78 is 5.82. The van der Waals surface area contributed by atoms with Gasteiger partial charge in [-0.05, 0) is 63.3 Å². The van der Waals surface area contributed by atoms with E-state index in [1.54, 1.807) is 12.3 Å². The zero-order chi connectivity index (χ0) is 27.7. The number of amides is 1. The lowest BCUT2D eigenvalue weighted by Gasteiger charge is -2.45. The third-order valence-corrected chi connectivity index (χ3v) is 7.75. The molecule has 1 heterocycles. The van der Waals surface area contributed by atoms with Gasteiger partial charge in [0.15, 0.2) is 11.4 Å². The first-order chi connectivity index (χ1) is 17.8. The van der Waals surface area contributed by atoms with Crippen LogP contribution in [-0.2, 0) is 22.6 Å². The Labute approximate surface area is 218 Å². The molecule has 1 aromatic carbocycles. The molecule has 0 fully saturated rings. The van der Waals surface area contributed by atoms with E-state index in [1.807, 2.05) is 26.8 Å². The number of aliphatic hydroxyl groups excluding tert-OH is 2. The summed E-state index contributed by atoms with van der Waals surface area (Å²) in [6.07, 6.45) is 1.54. The molecule has 200 valence electrons. The van der Waals surface area contributed by atoms with Crippen molar-refractivity contribution in [2.45, 2.75) is 57.7 Å². The number of nitrogens with one attached hydrogen (secondary N) is 1. The normalized spacial score (nSPS) is 25.3. The summed E-state index contributed by atoms with van der Waals surface area (Å²) in [4.78, 5) is 38.6. The molecular weight excluding hydrogens is 492 g/mol. The molecule has 38 heavy (non-hydrogen) atoms. The molecule has 10 heteroatoms. The molecule has 10 nitrogen and oxygen atoms in total. The number of aliphatic hydroxyl groups is 3. The van der Waals surface area contributed by atoms with E-state index in [2.05, 4.69) is 5.32 Å². The van der Waals surface area contributed by atoms with Gasteiger partial charge in [-0.2, -0.15) is 0 Å². The van der Waals surface area contributed by atoms with Crippen molar-refractivity contribution in [2.24, 2.45) is 17.6 Å². The maximum absolute atomic E-state index is 13.8. The van der Waals surface area contributed by atoms with Crippen LogP contribution in [-0.4, -0.2) is 49.0 Å². The molecule has 3 atom stereocenters. The van der Waals surface area contributed by atoms with Crippen LogP contribution in [0.1, 0.15) is 55.1 Å². The Hall–Kier alpha value is -3.89. The number of ketones is 2. The minimum atomic E-state index is -2.59. The first-order valence-electron chi connectivity index (χ1n) is 12.4. The van der Waals surface area contributed by atoms with Crippen LogP contribution >= 0.6 is 0 Å². The summed E-state index contributed by atoms with van der Waals surface area (Å²) in [6.45, 7) is 6.61. The van der Waals surface area contributed by atoms with E-state index in [0.717, 1.165) is 5.56 Å². The zero-order valence-corrected chi connectivity index (χ0v) is 21.3. The summed E-state index contributed by atoms with van der Waals surface area (Å²) in [6, 6.07) is 4.87. The van der Waals surface area contributed by atoms with Crippen molar-refractivity contribution in [1.82, 2.24) is 5.32 Å². The van der Waals surface area contributed by atoms with Gasteiger partial charge in [0.2, 0.25) is 5.78 Å². The van der Waals surface area contributed by atoms with Crippen molar-refractivity contribution < 1.29 is 39.2 Å². The number of carbonyl (C=O) groups is 3. The number of phenolic OH excluding ortho intramolecular Hbond substituents is 1. The molecule has 0 radical (unpaired) electrons. The number of rotatable bonds is 4. The summed E-state index contributed by atoms with van der Waals surface area (Å²) in [7, 11) is 0. The molecule has 0 saturated heterocycles. The molecule has 0 bridgehead atoms. The van der Waals surface area contributed by atoms with Gasteiger partial charge in [-0.1, -0.05) is 0 Å². The molecule has 1 amide bonds. The second-order valence-electron chi connectivity index (χ2n) is 11.3. The van der Waals surface area contributed by atoms with Crippen molar-refractivity contribution in [3.05, 3.63) is 63.8 Å². The van der Waals surface area contributed by atoms with Gasteiger partial charge in [-0.15, -0.1) is 0 Å². The van der Waals surface area contributed by atoms with Crippen molar-refractivity contribution in [1.29, 1.82) is 0 Å². The molecule has 1 aromatic heterocycles. The third kappa shape index (κ3) is 3.74. The average Bonchev–Trinajstić information content (AvgIpc) is 3.28. The molecular formula is C28H30N2O8. The van der Waals surface area contributed by atoms with Gasteiger partial charge in [0.1, 0.15) is 28.6 Å². The first kappa shape index (κ1) is 25.7. The van der Waals surface area contributed by atoms with Crippen LogP contribution in [0.4, 0.5) is 0 Å². The number of phenols is 1. The lowest BCUT2D eigenvalue weighted by Crippen LogP contribution is -2.57. The zero-order valence-electron chi connectivity index (χ0n) is 21.3. The van der Waals surface area contributed by atoms with Gasteiger partial charge in [0, 0.05) is 41.1 Å². The predicted molar refractivity (Wildman–Crippen MR) is 135 cm³/mol. The largest absolute Gasteiger partial charge is 0.511 e. The number of carbonyl (C=O) groups excluding carboxylic acids is 3. The van der Waals surface area contributed by atoms with Crippen molar-refractivity contribution in [3.63, 3.8) is 0 Å². The number of allylic oxidation sites excluding steroid dienone is 2. The van der Waals surface area contributed by atoms with E-state index in [-0.39, 0.29) is 41.7 Å². The number of furan rings is 1. The number of benzene rings is 1. The number of primary amides is 1. The minimum Gasteiger partial charge on any atom is -0.511 e. The first-order valence-corrected chi connectivity index (χ1v) is 12.4. The van der Waals surface area contributed by atoms with Gasteiger partial charge in [0.25, 0.3) is 5.91 Å². The number of aromatic hydroxyl groups is 1. The molecule has 0 aliphatic heterocycles. The number of hydrogen-bond acceptors (Lipinski definition) is 9. The highest BCUT2D eigenvalue weighted by Crippen LogP contribution is 2.52. The van der Waals surface area contributed by atoms with Crippen LogP contribution in [0.3, 0.4) is 0 Å².